The number of aryl methyl sites for hydroxylation is 3. The minimum absolute atomic E-state index is 0.00629. The Morgan fingerprint density at radius 2 is 0.471 bits per heavy atom. The van der Waals surface area contributed by atoms with Gasteiger partial charge < -0.3 is 0 Å². The van der Waals surface area contributed by atoms with Crippen molar-refractivity contribution in [1.29, 1.82) is 0 Å². The van der Waals surface area contributed by atoms with Crippen LogP contribution in [-0.2, 0) is 60.6 Å². The number of benzene rings is 5. The van der Waals surface area contributed by atoms with E-state index in [1.165, 1.54) is 16.7 Å². The van der Waals surface area contributed by atoms with Crippen molar-refractivity contribution >= 4 is 39.2 Å². The van der Waals surface area contributed by atoms with Crippen LogP contribution in [0, 0.1) is 20.8 Å². The van der Waals surface area contributed by atoms with E-state index >= 15 is 0 Å². The summed E-state index contributed by atoms with van der Waals surface area (Å²) in [6.07, 6.45) is -50.6. The van der Waals surface area contributed by atoms with Gasteiger partial charge in [-0.15, -0.1) is 0 Å². The maximum atomic E-state index is 14.2. The molecule has 0 aliphatic carbocycles. The standard InChI is InChI=1S/C32H12BF24.C11H17OS/c34-25(35,36)13-1-14(26(37,38)39)6-21(5-13)33(22-7-15(27(40,41)42)2-16(8-22)28(43,44)45,23-9-17(29(46,47)48)3-18(10-23)30(49,50)51)24-11-19(31(52,53)54)4-20(12-24)32(55,56)57;1-8-6-9(2)11(10(3)7-8)12-13(4)5/h1-12H;6-7H,1-5H3/q-1;+1. The lowest BCUT2D eigenvalue weighted by molar-refractivity contribution is -0.144. The van der Waals surface area contributed by atoms with E-state index in [1.807, 2.05) is 0 Å². The van der Waals surface area contributed by atoms with Crippen molar-refractivity contribution in [3.05, 3.63) is 146 Å². The van der Waals surface area contributed by atoms with Gasteiger partial charge in [0.1, 0.15) is 18.7 Å². The second-order valence-corrected chi connectivity index (χ2v) is 17.4. The summed E-state index contributed by atoms with van der Waals surface area (Å²) in [7, 11) is 0. The molecule has 0 aliphatic rings. The molecular weight excluding hydrogens is 1030 g/mol. The molecule has 0 bridgehead atoms. The maximum absolute atomic E-state index is 14.2. The van der Waals surface area contributed by atoms with Crippen molar-refractivity contribution in [2.75, 3.05) is 12.5 Å². The highest BCUT2D eigenvalue weighted by Gasteiger charge is 2.47. The van der Waals surface area contributed by atoms with E-state index in [4.69, 9.17) is 4.18 Å². The quantitative estimate of drug-likeness (QED) is 0.0935. The molecule has 0 N–H and O–H groups in total. The van der Waals surface area contributed by atoms with Crippen LogP contribution in [0.2, 0.25) is 0 Å². The van der Waals surface area contributed by atoms with Gasteiger partial charge >= 0.3 is 49.4 Å². The van der Waals surface area contributed by atoms with Crippen molar-refractivity contribution in [1.82, 2.24) is 0 Å². The van der Waals surface area contributed by atoms with Crippen molar-refractivity contribution in [3.63, 3.8) is 0 Å². The van der Waals surface area contributed by atoms with Gasteiger partial charge in [0.25, 0.3) is 0 Å². The molecule has 0 saturated carbocycles. The number of hydrogen-bond acceptors (Lipinski definition) is 1. The summed E-state index contributed by atoms with van der Waals surface area (Å²) in [5, 5.41) is 0. The zero-order chi connectivity index (χ0) is 53.9. The summed E-state index contributed by atoms with van der Waals surface area (Å²) in [6, 6.07) is -4.49. The van der Waals surface area contributed by atoms with Gasteiger partial charge in [0.2, 0.25) is 0 Å². The summed E-state index contributed by atoms with van der Waals surface area (Å²) in [6.45, 7) is 6.31. The summed E-state index contributed by atoms with van der Waals surface area (Å²) < 4.78 is 347. The van der Waals surface area contributed by atoms with Gasteiger partial charge in [0.05, 0.1) is 44.5 Å². The first kappa shape index (κ1) is 57.2. The van der Waals surface area contributed by atoms with E-state index in [9.17, 15) is 105 Å². The van der Waals surface area contributed by atoms with Gasteiger partial charge in [0.15, 0.2) is 16.9 Å². The lowest BCUT2D eigenvalue weighted by Gasteiger charge is -2.46. The van der Waals surface area contributed by atoms with Crippen LogP contribution in [0.5, 0.6) is 5.75 Å². The van der Waals surface area contributed by atoms with E-state index in [0.29, 0.717) is 0 Å². The van der Waals surface area contributed by atoms with Gasteiger partial charge in [-0.25, -0.2) is 0 Å². The summed E-state index contributed by atoms with van der Waals surface area (Å²) >= 11 is 0.00629. The first-order valence-electron chi connectivity index (χ1n) is 19.0. The topological polar surface area (TPSA) is 9.23 Å². The highest BCUT2D eigenvalue weighted by atomic mass is 32.2. The summed E-state index contributed by atoms with van der Waals surface area (Å²) in [5.41, 5.74) is -26.4. The second kappa shape index (κ2) is 19.0. The fourth-order valence-electron chi connectivity index (χ4n) is 7.54. The molecule has 0 radical (unpaired) electrons. The van der Waals surface area contributed by atoms with Crippen LogP contribution in [0.1, 0.15) is 61.2 Å². The first-order valence-corrected chi connectivity index (χ1v) is 20.9. The third-order valence-corrected chi connectivity index (χ3v) is 10.8. The Balaban J connectivity index is 0.000000707. The fraction of sp³-hybridized carbons (Fsp3) is 0.302. The van der Waals surface area contributed by atoms with Crippen LogP contribution < -0.4 is 26.0 Å². The fourth-order valence-corrected chi connectivity index (χ4v) is 8.13. The second-order valence-electron chi connectivity index (χ2n) is 15.8. The molecule has 5 rings (SSSR count). The Bertz CT molecular complexity index is 2240. The molecule has 0 amide bonds. The molecule has 70 heavy (non-hydrogen) atoms. The average molecular weight is 1060 g/mol. The predicted molar refractivity (Wildman–Crippen MR) is 211 cm³/mol. The lowest BCUT2D eigenvalue weighted by Crippen LogP contribution is -2.75. The zero-order valence-corrected chi connectivity index (χ0v) is 36.4. The Kier molecular flexibility index (Phi) is 15.5. The lowest BCUT2D eigenvalue weighted by atomic mass is 9.12. The molecule has 0 spiro atoms. The van der Waals surface area contributed by atoms with E-state index in [2.05, 4.69) is 45.4 Å². The van der Waals surface area contributed by atoms with Crippen LogP contribution in [0.4, 0.5) is 105 Å². The van der Waals surface area contributed by atoms with Crippen molar-refractivity contribution in [3.8, 4) is 5.75 Å². The number of alkyl halides is 24. The molecule has 27 heteroatoms. The van der Waals surface area contributed by atoms with E-state index in [-0.39, 0.29) is 11.2 Å². The molecule has 1 nitrogen and oxygen atoms in total. The average Bonchev–Trinajstić information content (AvgIpc) is 3.17. The Labute approximate surface area is 382 Å². The van der Waals surface area contributed by atoms with Crippen molar-refractivity contribution in [2.24, 2.45) is 0 Å². The zero-order valence-electron chi connectivity index (χ0n) is 35.5. The molecule has 0 aromatic heterocycles. The van der Waals surface area contributed by atoms with Crippen molar-refractivity contribution in [2.45, 2.75) is 70.2 Å². The molecule has 5 aromatic carbocycles. The number of hydrogen-bond donors (Lipinski definition) is 0. The third kappa shape index (κ3) is 13.1. The molecule has 0 unspecified atom stereocenters. The van der Waals surface area contributed by atoms with E-state index < -0.39 is 195 Å². The normalized spacial score (nSPS) is 13.6. The molecule has 384 valence electrons. The van der Waals surface area contributed by atoms with Crippen LogP contribution in [0.25, 0.3) is 0 Å². The first-order chi connectivity index (χ1) is 31.3. The highest BCUT2D eigenvalue weighted by Crippen LogP contribution is 2.41. The van der Waals surface area contributed by atoms with Gasteiger partial charge in [-0.05, 0) is 56.2 Å². The molecule has 0 atom stereocenters. The monoisotopic (exact) mass is 1060 g/mol. The van der Waals surface area contributed by atoms with Crippen LogP contribution >= 0.6 is 0 Å². The maximum Gasteiger partial charge on any atom is 0.416 e. The summed E-state index contributed by atoms with van der Waals surface area (Å²) in [5.74, 6) is 1.05. The predicted octanol–water partition coefficient (Wildman–Crippen LogP) is 14.0. The van der Waals surface area contributed by atoms with Crippen LogP contribution in [-0.4, -0.2) is 18.7 Å². The molecule has 0 saturated heterocycles. The van der Waals surface area contributed by atoms with Gasteiger partial charge in [0, 0.05) is 0 Å². The molecule has 5 aromatic rings. The minimum Gasteiger partial charge on any atom is -0.286 e. The van der Waals surface area contributed by atoms with Gasteiger partial charge in [-0.2, -0.15) is 127 Å². The van der Waals surface area contributed by atoms with Crippen molar-refractivity contribution < 1.29 is 110 Å². The highest BCUT2D eigenvalue weighted by molar-refractivity contribution is 7.91. The molecule has 0 heterocycles. The summed E-state index contributed by atoms with van der Waals surface area (Å²) in [4.78, 5) is 0. The van der Waals surface area contributed by atoms with Crippen LogP contribution in [0.15, 0.2) is 84.9 Å². The van der Waals surface area contributed by atoms with Gasteiger partial charge in [-0.1, -0.05) is 66.2 Å². The smallest absolute Gasteiger partial charge is 0.286 e. The van der Waals surface area contributed by atoms with E-state index in [1.54, 1.807) is 0 Å². The Hall–Kier alpha value is -5.37. The molecular formula is C43H29BF24OS. The van der Waals surface area contributed by atoms with E-state index in [0.717, 1.165) is 5.75 Å². The molecule has 0 fully saturated rings. The molecule has 0 aliphatic heterocycles. The van der Waals surface area contributed by atoms with Gasteiger partial charge in [-0.3, -0.25) is 4.18 Å². The number of rotatable bonds is 6. The Morgan fingerprint density at radius 1 is 0.300 bits per heavy atom. The SMILES string of the molecule is Cc1cc(C)c(O[S+](C)C)c(C)c1.FC(F)(F)c1cc([B-](c2cc(C(F)(F)F)cc(C(F)(F)F)c2)(c2cc(C(F)(F)F)cc(C(F)(F)F)c2)c2cc(C(F)(F)F)cc(C(F)(F)F)c2)cc(C(F)(F)F)c1. The largest absolute Gasteiger partial charge is 0.416 e. The Morgan fingerprint density at radius 3 is 0.614 bits per heavy atom. The van der Waals surface area contributed by atoms with Crippen LogP contribution in [0.3, 0.4) is 0 Å². The third-order valence-electron chi connectivity index (χ3n) is 10.3. The number of halogens is 24. The minimum atomic E-state index is -6.13.